The van der Waals surface area contributed by atoms with Crippen LogP contribution in [0.3, 0.4) is 0 Å². The number of aromatic nitrogens is 2. The number of imidazole rings is 1. The van der Waals surface area contributed by atoms with Gasteiger partial charge in [-0.2, -0.15) is 0 Å². The van der Waals surface area contributed by atoms with Crippen molar-refractivity contribution in [2.45, 2.75) is 19.5 Å². The van der Waals surface area contributed by atoms with Gasteiger partial charge in [0.25, 0.3) is 0 Å². The average Bonchev–Trinajstić information content (AvgIpc) is 2.65. The second-order valence-corrected chi connectivity index (χ2v) is 4.83. The molecule has 94 valence electrons. The lowest BCUT2D eigenvalue weighted by Crippen LogP contribution is -2.17. The lowest BCUT2D eigenvalue weighted by Gasteiger charge is -2.10. The quantitative estimate of drug-likeness (QED) is 0.769. The van der Waals surface area contributed by atoms with Crippen LogP contribution in [0, 0.1) is 5.82 Å². The zero-order chi connectivity index (χ0) is 12.5. The molecule has 1 aliphatic heterocycles. The topological polar surface area (TPSA) is 21.1 Å². The molecule has 0 amide bonds. The molecule has 0 saturated carbocycles. The molecular weight excluding hydrogens is 229 g/mol. The van der Waals surface area contributed by atoms with E-state index in [-0.39, 0.29) is 5.82 Å². The van der Waals surface area contributed by atoms with Crippen molar-refractivity contribution in [3.63, 3.8) is 0 Å². The van der Waals surface area contributed by atoms with Gasteiger partial charge in [0.2, 0.25) is 0 Å². The van der Waals surface area contributed by atoms with E-state index in [4.69, 9.17) is 0 Å². The minimum atomic E-state index is -0.209. The number of rotatable bonds is 1. The monoisotopic (exact) mass is 245 g/mol. The Morgan fingerprint density at radius 1 is 1.17 bits per heavy atom. The maximum absolute atomic E-state index is 12.9. The van der Waals surface area contributed by atoms with Gasteiger partial charge < -0.3 is 4.57 Å². The Bertz CT molecular complexity index is 545. The fourth-order valence-electron chi connectivity index (χ4n) is 2.37. The van der Waals surface area contributed by atoms with Gasteiger partial charge in [-0.1, -0.05) is 0 Å². The Kier molecular flexibility index (Phi) is 2.88. The molecule has 0 radical (unpaired) electrons. The van der Waals surface area contributed by atoms with E-state index in [2.05, 4.69) is 27.7 Å². The number of hydrogen-bond acceptors (Lipinski definition) is 2. The Labute approximate surface area is 106 Å². The van der Waals surface area contributed by atoms with Crippen LogP contribution in [-0.4, -0.2) is 28.0 Å². The summed E-state index contributed by atoms with van der Waals surface area (Å²) in [4.78, 5) is 6.94. The number of nitrogens with zero attached hydrogens (tertiary/aromatic N) is 3. The summed E-state index contributed by atoms with van der Waals surface area (Å²) in [5, 5.41) is 0. The molecule has 0 saturated heterocycles. The molecule has 0 fully saturated rings. The summed E-state index contributed by atoms with van der Waals surface area (Å²) in [5.41, 5.74) is 1.90. The van der Waals surface area contributed by atoms with E-state index in [1.54, 1.807) is 12.1 Å². The van der Waals surface area contributed by atoms with Gasteiger partial charge in [0.1, 0.15) is 11.6 Å². The first kappa shape index (κ1) is 11.4. The van der Waals surface area contributed by atoms with Crippen molar-refractivity contribution >= 4 is 0 Å². The molecule has 2 aromatic rings. The second-order valence-electron chi connectivity index (χ2n) is 4.83. The third-order valence-corrected chi connectivity index (χ3v) is 3.35. The number of halogens is 1. The second kappa shape index (κ2) is 4.53. The van der Waals surface area contributed by atoms with E-state index in [1.165, 1.54) is 12.1 Å². The molecule has 1 aliphatic rings. The summed E-state index contributed by atoms with van der Waals surface area (Å²) < 4.78 is 15.1. The van der Waals surface area contributed by atoms with Crippen LogP contribution in [0.25, 0.3) is 11.3 Å². The van der Waals surface area contributed by atoms with Crippen LogP contribution in [0.1, 0.15) is 12.2 Å². The van der Waals surface area contributed by atoms with E-state index in [0.29, 0.717) is 0 Å². The molecule has 18 heavy (non-hydrogen) atoms. The van der Waals surface area contributed by atoms with Gasteiger partial charge in [-0.15, -0.1) is 0 Å². The van der Waals surface area contributed by atoms with Crippen LogP contribution >= 0.6 is 0 Å². The lowest BCUT2D eigenvalue weighted by molar-refractivity contribution is 0.329. The highest BCUT2D eigenvalue weighted by molar-refractivity contribution is 5.58. The van der Waals surface area contributed by atoms with E-state index < -0.39 is 0 Å². The molecule has 3 rings (SSSR count). The SMILES string of the molecule is CN1CCCn2cc(-c3ccc(F)cc3)nc2C1. The van der Waals surface area contributed by atoms with Crippen molar-refractivity contribution in [3.8, 4) is 11.3 Å². The summed E-state index contributed by atoms with van der Waals surface area (Å²) in [7, 11) is 2.11. The molecule has 0 spiro atoms. The van der Waals surface area contributed by atoms with Crippen molar-refractivity contribution in [3.05, 3.63) is 42.1 Å². The highest BCUT2D eigenvalue weighted by atomic mass is 19.1. The molecule has 0 bridgehead atoms. The average molecular weight is 245 g/mol. The number of fused-ring (bicyclic) bond motifs is 1. The Morgan fingerprint density at radius 3 is 2.72 bits per heavy atom. The molecular formula is C14H16FN3. The lowest BCUT2D eigenvalue weighted by atomic mass is 10.2. The fourth-order valence-corrected chi connectivity index (χ4v) is 2.37. The van der Waals surface area contributed by atoms with Crippen molar-refractivity contribution in [1.82, 2.24) is 14.5 Å². The van der Waals surface area contributed by atoms with Crippen molar-refractivity contribution in [2.75, 3.05) is 13.6 Å². The van der Waals surface area contributed by atoms with Gasteiger partial charge in [-0.25, -0.2) is 9.37 Å². The molecule has 0 aliphatic carbocycles. The third-order valence-electron chi connectivity index (χ3n) is 3.35. The molecule has 0 atom stereocenters. The van der Waals surface area contributed by atoms with Gasteiger partial charge >= 0.3 is 0 Å². The first-order chi connectivity index (χ1) is 8.72. The van der Waals surface area contributed by atoms with E-state index in [1.807, 2.05) is 0 Å². The summed E-state index contributed by atoms with van der Waals surface area (Å²) in [5.74, 6) is 0.883. The van der Waals surface area contributed by atoms with E-state index >= 15 is 0 Å². The minimum Gasteiger partial charge on any atom is -0.333 e. The molecule has 2 heterocycles. The smallest absolute Gasteiger partial charge is 0.123 e. The van der Waals surface area contributed by atoms with E-state index in [9.17, 15) is 4.39 Å². The predicted octanol–water partition coefficient (Wildman–Crippen LogP) is 2.52. The van der Waals surface area contributed by atoms with Gasteiger partial charge in [-0.05, 0) is 37.7 Å². The normalized spacial score (nSPS) is 16.3. The summed E-state index contributed by atoms with van der Waals surface area (Å²) in [6.45, 7) is 2.99. The van der Waals surface area contributed by atoms with Crippen LogP contribution in [0.15, 0.2) is 30.5 Å². The van der Waals surface area contributed by atoms with Gasteiger partial charge in [-0.3, -0.25) is 4.90 Å². The van der Waals surface area contributed by atoms with Crippen molar-refractivity contribution in [2.24, 2.45) is 0 Å². The highest BCUT2D eigenvalue weighted by Crippen LogP contribution is 2.21. The van der Waals surface area contributed by atoms with Crippen molar-refractivity contribution in [1.29, 1.82) is 0 Å². The highest BCUT2D eigenvalue weighted by Gasteiger charge is 2.14. The largest absolute Gasteiger partial charge is 0.333 e. The third kappa shape index (κ3) is 2.16. The van der Waals surface area contributed by atoms with Crippen LogP contribution in [0.4, 0.5) is 4.39 Å². The van der Waals surface area contributed by atoms with Crippen LogP contribution < -0.4 is 0 Å². The first-order valence-electron chi connectivity index (χ1n) is 6.23. The van der Waals surface area contributed by atoms with Gasteiger partial charge in [0, 0.05) is 24.8 Å². The molecule has 3 nitrogen and oxygen atoms in total. The van der Waals surface area contributed by atoms with Crippen LogP contribution in [0.5, 0.6) is 0 Å². The summed E-state index contributed by atoms with van der Waals surface area (Å²) >= 11 is 0. The minimum absolute atomic E-state index is 0.209. The Hall–Kier alpha value is -1.68. The molecule has 4 heteroatoms. The zero-order valence-electron chi connectivity index (χ0n) is 10.4. The van der Waals surface area contributed by atoms with Crippen LogP contribution in [0.2, 0.25) is 0 Å². The van der Waals surface area contributed by atoms with Gasteiger partial charge in [0.15, 0.2) is 0 Å². The fraction of sp³-hybridized carbons (Fsp3) is 0.357. The van der Waals surface area contributed by atoms with Crippen molar-refractivity contribution < 1.29 is 4.39 Å². The number of hydrogen-bond donors (Lipinski definition) is 0. The van der Waals surface area contributed by atoms with E-state index in [0.717, 1.165) is 43.1 Å². The molecule has 1 aromatic carbocycles. The number of aryl methyl sites for hydroxylation is 1. The maximum Gasteiger partial charge on any atom is 0.123 e. The standard InChI is InChI=1S/C14H16FN3/c1-17-7-2-8-18-9-13(16-14(18)10-17)11-3-5-12(15)6-4-11/h3-6,9H,2,7-8,10H2,1H3. The Morgan fingerprint density at radius 2 is 1.94 bits per heavy atom. The maximum atomic E-state index is 12.9. The molecule has 1 aromatic heterocycles. The first-order valence-corrected chi connectivity index (χ1v) is 6.23. The van der Waals surface area contributed by atoms with Crippen LogP contribution in [-0.2, 0) is 13.1 Å². The predicted molar refractivity (Wildman–Crippen MR) is 68.6 cm³/mol. The summed E-state index contributed by atoms with van der Waals surface area (Å²) in [6.07, 6.45) is 3.21. The number of benzene rings is 1. The van der Waals surface area contributed by atoms with Gasteiger partial charge in [0.05, 0.1) is 12.2 Å². The molecule has 0 N–H and O–H groups in total. The zero-order valence-corrected chi connectivity index (χ0v) is 10.4. The summed E-state index contributed by atoms with van der Waals surface area (Å²) in [6, 6.07) is 6.51. The molecule has 0 unspecified atom stereocenters. The Balaban J connectivity index is 1.95.